The summed E-state index contributed by atoms with van der Waals surface area (Å²) < 4.78 is 13.0. The Kier molecular flexibility index (Phi) is 2.71. The predicted octanol–water partition coefficient (Wildman–Crippen LogP) is 2.16. The molecule has 1 saturated heterocycles. The van der Waals surface area contributed by atoms with Crippen molar-refractivity contribution in [3.8, 4) is 0 Å². The molecule has 0 aromatic heterocycles. The number of hydrogen-bond acceptors (Lipinski definition) is 1. The SMILES string of the molecule is CN1CCC(c2cccc(F)c2)CC1=O. The van der Waals surface area contributed by atoms with Crippen molar-refractivity contribution in [2.75, 3.05) is 13.6 Å². The van der Waals surface area contributed by atoms with E-state index in [0.29, 0.717) is 6.42 Å². The Morgan fingerprint density at radius 1 is 1.47 bits per heavy atom. The second-order valence-corrected chi connectivity index (χ2v) is 4.06. The van der Waals surface area contributed by atoms with E-state index in [9.17, 15) is 9.18 Å². The van der Waals surface area contributed by atoms with E-state index in [4.69, 9.17) is 0 Å². The van der Waals surface area contributed by atoms with Gasteiger partial charge < -0.3 is 4.90 Å². The number of likely N-dealkylation sites (tertiary alicyclic amines) is 1. The Balaban J connectivity index is 2.15. The minimum absolute atomic E-state index is 0.149. The topological polar surface area (TPSA) is 20.3 Å². The molecule has 1 aliphatic rings. The van der Waals surface area contributed by atoms with Gasteiger partial charge in [0.2, 0.25) is 5.91 Å². The molecule has 0 saturated carbocycles. The van der Waals surface area contributed by atoms with Crippen LogP contribution in [0.5, 0.6) is 0 Å². The third kappa shape index (κ3) is 2.17. The first-order chi connectivity index (χ1) is 7.16. The maximum absolute atomic E-state index is 13.0. The molecule has 1 atom stereocenters. The van der Waals surface area contributed by atoms with Crippen molar-refractivity contribution >= 4 is 5.91 Å². The predicted molar refractivity (Wildman–Crippen MR) is 56.0 cm³/mol. The van der Waals surface area contributed by atoms with Crippen LogP contribution in [0, 0.1) is 5.82 Å². The highest BCUT2D eigenvalue weighted by Crippen LogP contribution is 2.28. The van der Waals surface area contributed by atoms with Crippen molar-refractivity contribution in [2.24, 2.45) is 0 Å². The zero-order chi connectivity index (χ0) is 10.8. The number of benzene rings is 1. The van der Waals surface area contributed by atoms with Crippen LogP contribution in [-0.4, -0.2) is 24.4 Å². The lowest BCUT2D eigenvalue weighted by Crippen LogP contribution is -2.34. The fourth-order valence-electron chi connectivity index (χ4n) is 1.99. The zero-order valence-corrected chi connectivity index (χ0v) is 8.74. The van der Waals surface area contributed by atoms with Crippen molar-refractivity contribution in [3.05, 3.63) is 35.6 Å². The molecule has 2 nitrogen and oxygen atoms in total. The van der Waals surface area contributed by atoms with Crippen LogP contribution in [0.25, 0.3) is 0 Å². The summed E-state index contributed by atoms with van der Waals surface area (Å²) in [7, 11) is 1.81. The van der Waals surface area contributed by atoms with Crippen molar-refractivity contribution in [1.29, 1.82) is 0 Å². The highest BCUT2D eigenvalue weighted by Gasteiger charge is 2.24. The highest BCUT2D eigenvalue weighted by atomic mass is 19.1. The average molecular weight is 207 g/mol. The van der Waals surface area contributed by atoms with E-state index in [-0.39, 0.29) is 17.6 Å². The molecule has 1 unspecified atom stereocenters. The molecule has 0 bridgehead atoms. The van der Waals surface area contributed by atoms with E-state index in [2.05, 4.69) is 0 Å². The molecule has 1 aromatic carbocycles. The number of hydrogen-bond donors (Lipinski definition) is 0. The number of carbonyl (C=O) groups is 1. The van der Waals surface area contributed by atoms with Crippen LogP contribution in [0.3, 0.4) is 0 Å². The van der Waals surface area contributed by atoms with Gasteiger partial charge in [-0.05, 0) is 30.0 Å². The summed E-state index contributed by atoms with van der Waals surface area (Å²) in [6.45, 7) is 0.764. The van der Waals surface area contributed by atoms with Crippen LogP contribution in [-0.2, 0) is 4.79 Å². The highest BCUT2D eigenvalue weighted by molar-refractivity contribution is 5.77. The van der Waals surface area contributed by atoms with Crippen molar-refractivity contribution in [3.63, 3.8) is 0 Å². The fraction of sp³-hybridized carbons (Fsp3) is 0.417. The van der Waals surface area contributed by atoms with Crippen LogP contribution in [0.4, 0.5) is 4.39 Å². The van der Waals surface area contributed by atoms with E-state index < -0.39 is 0 Å². The number of halogens is 1. The Morgan fingerprint density at radius 2 is 2.27 bits per heavy atom. The lowest BCUT2D eigenvalue weighted by molar-refractivity contribution is -0.132. The number of carbonyl (C=O) groups excluding carboxylic acids is 1. The van der Waals surface area contributed by atoms with Gasteiger partial charge in [0, 0.05) is 20.0 Å². The summed E-state index contributed by atoms with van der Waals surface area (Å²) >= 11 is 0. The normalized spacial score (nSPS) is 21.9. The monoisotopic (exact) mass is 207 g/mol. The quantitative estimate of drug-likeness (QED) is 0.691. The number of nitrogens with zero attached hydrogens (tertiary/aromatic N) is 1. The summed E-state index contributed by atoms with van der Waals surface area (Å²) in [5.41, 5.74) is 0.941. The van der Waals surface area contributed by atoms with Crippen LogP contribution >= 0.6 is 0 Å². The summed E-state index contributed by atoms with van der Waals surface area (Å²) in [5.74, 6) is 0.110. The molecule has 0 aliphatic carbocycles. The molecule has 0 N–H and O–H groups in total. The molecule has 0 radical (unpaired) electrons. The molecule has 1 heterocycles. The van der Waals surface area contributed by atoms with Gasteiger partial charge >= 0.3 is 0 Å². The first-order valence-corrected chi connectivity index (χ1v) is 5.16. The number of amides is 1. The Bertz CT molecular complexity index is 378. The molecular formula is C12H14FNO. The smallest absolute Gasteiger partial charge is 0.222 e. The maximum atomic E-state index is 13.0. The molecule has 1 fully saturated rings. The van der Waals surface area contributed by atoms with E-state index in [1.807, 2.05) is 13.1 Å². The minimum Gasteiger partial charge on any atom is -0.346 e. The Labute approximate surface area is 88.7 Å². The minimum atomic E-state index is -0.223. The first kappa shape index (κ1) is 10.1. The van der Waals surface area contributed by atoms with Gasteiger partial charge in [0.15, 0.2) is 0 Å². The van der Waals surface area contributed by atoms with E-state index >= 15 is 0 Å². The lowest BCUT2D eigenvalue weighted by atomic mass is 9.89. The second kappa shape index (κ2) is 4.01. The van der Waals surface area contributed by atoms with Gasteiger partial charge in [-0.25, -0.2) is 4.39 Å². The van der Waals surface area contributed by atoms with Gasteiger partial charge in [0.1, 0.15) is 5.82 Å². The van der Waals surface area contributed by atoms with Crippen LogP contribution in [0.1, 0.15) is 24.3 Å². The first-order valence-electron chi connectivity index (χ1n) is 5.16. The summed E-state index contributed by atoms with van der Waals surface area (Å²) in [6, 6.07) is 6.56. The summed E-state index contributed by atoms with van der Waals surface area (Å²) in [4.78, 5) is 13.2. The molecule has 15 heavy (non-hydrogen) atoms. The third-order valence-corrected chi connectivity index (χ3v) is 2.98. The molecule has 3 heteroatoms. The van der Waals surface area contributed by atoms with E-state index in [1.54, 1.807) is 11.0 Å². The van der Waals surface area contributed by atoms with Crippen LogP contribution in [0.2, 0.25) is 0 Å². The van der Waals surface area contributed by atoms with Gasteiger partial charge in [0.05, 0.1) is 0 Å². The molecule has 0 spiro atoms. The molecule has 2 rings (SSSR count). The van der Waals surface area contributed by atoms with Gasteiger partial charge in [-0.15, -0.1) is 0 Å². The second-order valence-electron chi connectivity index (χ2n) is 4.06. The van der Waals surface area contributed by atoms with Crippen molar-refractivity contribution < 1.29 is 9.18 Å². The Morgan fingerprint density at radius 3 is 2.93 bits per heavy atom. The Hall–Kier alpha value is -1.38. The third-order valence-electron chi connectivity index (χ3n) is 2.98. The maximum Gasteiger partial charge on any atom is 0.222 e. The van der Waals surface area contributed by atoms with Crippen LogP contribution < -0.4 is 0 Å². The molecule has 1 aromatic rings. The van der Waals surface area contributed by atoms with Gasteiger partial charge in [-0.1, -0.05) is 12.1 Å². The largest absolute Gasteiger partial charge is 0.346 e. The van der Waals surface area contributed by atoms with Gasteiger partial charge in [-0.3, -0.25) is 4.79 Å². The standard InChI is InChI=1S/C12H14FNO/c1-14-6-5-10(8-12(14)15)9-3-2-4-11(13)7-9/h2-4,7,10H,5-6,8H2,1H3. The van der Waals surface area contributed by atoms with E-state index in [0.717, 1.165) is 18.5 Å². The number of piperidine rings is 1. The van der Waals surface area contributed by atoms with E-state index in [1.165, 1.54) is 12.1 Å². The summed E-state index contributed by atoms with van der Waals surface area (Å²) in [5, 5.41) is 0. The fourth-order valence-corrected chi connectivity index (χ4v) is 1.99. The molecule has 1 amide bonds. The van der Waals surface area contributed by atoms with Gasteiger partial charge in [-0.2, -0.15) is 0 Å². The van der Waals surface area contributed by atoms with Crippen molar-refractivity contribution in [2.45, 2.75) is 18.8 Å². The van der Waals surface area contributed by atoms with Gasteiger partial charge in [0.25, 0.3) is 0 Å². The average Bonchev–Trinajstić information content (AvgIpc) is 2.22. The molecule has 1 aliphatic heterocycles. The number of rotatable bonds is 1. The molecular weight excluding hydrogens is 193 g/mol. The van der Waals surface area contributed by atoms with Crippen LogP contribution in [0.15, 0.2) is 24.3 Å². The zero-order valence-electron chi connectivity index (χ0n) is 8.74. The lowest BCUT2D eigenvalue weighted by Gasteiger charge is -2.28. The van der Waals surface area contributed by atoms with Crippen molar-refractivity contribution in [1.82, 2.24) is 4.90 Å². The molecule has 80 valence electrons. The summed E-state index contributed by atoms with van der Waals surface area (Å²) in [6.07, 6.45) is 1.42.